The summed E-state index contributed by atoms with van der Waals surface area (Å²) in [5.41, 5.74) is 0.726. The van der Waals surface area contributed by atoms with Gasteiger partial charge < -0.3 is 14.8 Å². The van der Waals surface area contributed by atoms with E-state index in [0.717, 1.165) is 10.4 Å². The third-order valence-corrected chi connectivity index (χ3v) is 5.43. The van der Waals surface area contributed by atoms with Crippen LogP contribution < -0.4 is 15.2 Å². The van der Waals surface area contributed by atoms with E-state index in [1.807, 2.05) is 24.4 Å². The second-order valence-corrected chi connectivity index (χ2v) is 8.27. The molecule has 28 heavy (non-hydrogen) atoms. The number of ether oxygens (including phenoxy) is 2. The maximum absolute atomic E-state index is 11.9. The van der Waals surface area contributed by atoms with Crippen molar-refractivity contribution in [2.75, 3.05) is 26.4 Å². The zero-order chi connectivity index (χ0) is 20.4. The quantitative estimate of drug-likeness (QED) is 0.425. The Hall–Kier alpha value is -2.20. The number of carbonyl (C=O) groups excluding carboxylic acids is 1. The van der Waals surface area contributed by atoms with Crippen LogP contribution in [0.4, 0.5) is 0 Å². The van der Waals surface area contributed by atoms with Crippen LogP contribution in [0.25, 0.3) is 6.08 Å². The van der Waals surface area contributed by atoms with Crippen molar-refractivity contribution in [3.63, 3.8) is 0 Å². The van der Waals surface area contributed by atoms with Crippen LogP contribution in [0.2, 0.25) is 0 Å². The van der Waals surface area contributed by atoms with Gasteiger partial charge in [0.05, 0.1) is 6.61 Å². The SMILES string of the molecule is CCOCCOc1ccc(CCNC(=O)C=Cc2cccs2)cc1S(N)(=O)=O. The molecule has 0 aliphatic heterocycles. The number of hydrogen-bond donors (Lipinski definition) is 2. The van der Waals surface area contributed by atoms with Crippen LogP contribution in [0, 0.1) is 0 Å². The van der Waals surface area contributed by atoms with Gasteiger partial charge in [-0.2, -0.15) is 0 Å². The van der Waals surface area contributed by atoms with E-state index >= 15 is 0 Å². The Morgan fingerprint density at radius 1 is 1.29 bits per heavy atom. The summed E-state index contributed by atoms with van der Waals surface area (Å²) in [4.78, 5) is 12.8. The van der Waals surface area contributed by atoms with Gasteiger partial charge >= 0.3 is 0 Å². The van der Waals surface area contributed by atoms with Gasteiger partial charge in [0.25, 0.3) is 0 Å². The van der Waals surface area contributed by atoms with E-state index in [4.69, 9.17) is 14.6 Å². The van der Waals surface area contributed by atoms with E-state index in [9.17, 15) is 13.2 Å². The molecule has 3 N–H and O–H groups in total. The molecular weight excluding hydrogens is 400 g/mol. The normalized spacial score (nSPS) is 11.6. The van der Waals surface area contributed by atoms with Crippen LogP contribution in [0.1, 0.15) is 17.4 Å². The predicted molar refractivity (Wildman–Crippen MR) is 110 cm³/mol. The number of amides is 1. The molecule has 0 spiro atoms. The average Bonchev–Trinajstić information content (AvgIpc) is 3.17. The third kappa shape index (κ3) is 7.43. The fourth-order valence-corrected chi connectivity index (χ4v) is 3.68. The first-order chi connectivity index (χ1) is 13.4. The van der Waals surface area contributed by atoms with Gasteiger partial charge in [-0.3, -0.25) is 4.79 Å². The molecule has 0 aliphatic carbocycles. The molecule has 0 radical (unpaired) electrons. The largest absolute Gasteiger partial charge is 0.490 e. The van der Waals surface area contributed by atoms with E-state index in [1.54, 1.807) is 29.5 Å². The van der Waals surface area contributed by atoms with Gasteiger partial charge in [-0.05, 0) is 48.6 Å². The van der Waals surface area contributed by atoms with Crippen molar-refractivity contribution in [3.05, 3.63) is 52.2 Å². The standard InChI is InChI=1S/C19H24N2O5S2/c1-2-25-11-12-26-17-7-5-15(14-18(17)28(20,23)24)9-10-21-19(22)8-6-16-4-3-13-27-16/h3-8,13-14H,2,9-12H2,1H3,(H,21,22)(H2,20,23,24). The fraction of sp³-hybridized carbons (Fsp3) is 0.316. The number of hydrogen-bond acceptors (Lipinski definition) is 6. The molecule has 1 aromatic carbocycles. The van der Waals surface area contributed by atoms with Gasteiger partial charge in [0, 0.05) is 24.1 Å². The van der Waals surface area contributed by atoms with Gasteiger partial charge in [0.2, 0.25) is 15.9 Å². The van der Waals surface area contributed by atoms with Crippen LogP contribution >= 0.6 is 11.3 Å². The van der Waals surface area contributed by atoms with Gasteiger partial charge in [0.1, 0.15) is 17.3 Å². The molecule has 1 amide bonds. The number of benzene rings is 1. The minimum absolute atomic E-state index is 0.0783. The maximum Gasteiger partial charge on any atom is 0.244 e. The molecule has 0 saturated carbocycles. The van der Waals surface area contributed by atoms with Crippen molar-refractivity contribution in [2.24, 2.45) is 5.14 Å². The molecule has 2 aromatic rings. The first-order valence-corrected chi connectivity index (χ1v) is 11.2. The predicted octanol–water partition coefficient (Wildman–Crippen LogP) is 2.18. The van der Waals surface area contributed by atoms with Crippen molar-refractivity contribution >= 4 is 33.3 Å². The lowest BCUT2D eigenvalue weighted by Gasteiger charge is -2.12. The highest BCUT2D eigenvalue weighted by Gasteiger charge is 2.16. The second kappa shape index (κ2) is 11.0. The number of rotatable bonds is 11. The van der Waals surface area contributed by atoms with E-state index in [1.165, 1.54) is 12.1 Å². The number of carbonyl (C=O) groups is 1. The minimum Gasteiger partial charge on any atom is -0.490 e. The smallest absolute Gasteiger partial charge is 0.244 e. The molecule has 1 aromatic heterocycles. The Balaban J connectivity index is 1.93. The van der Waals surface area contributed by atoms with E-state index in [-0.39, 0.29) is 23.2 Å². The van der Waals surface area contributed by atoms with Crippen LogP contribution in [0.15, 0.2) is 46.7 Å². The zero-order valence-electron chi connectivity index (χ0n) is 15.6. The second-order valence-electron chi connectivity index (χ2n) is 5.76. The molecule has 2 rings (SSSR count). The number of thiophene rings is 1. The molecule has 1 heterocycles. The number of primary sulfonamides is 1. The van der Waals surface area contributed by atoms with Gasteiger partial charge in [0.15, 0.2) is 0 Å². The van der Waals surface area contributed by atoms with Crippen molar-refractivity contribution in [1.82, 2.24) is 5.32 Å². The molecule has 0 saturated heterocycles. The lowest BCUT2D eigenvalue weighted by atomic mass is 10.1. The molecule has 9 heteroatoms. The summed E-state index contributed by atoms with van der Waals surface area (Å²) in [5.74, 6) is -0.0233. The van der Waals surface area contributed by atoms with Crippen LogP contribution in [-0.2, 0) is 26.0 Å². The minimum atomic E-state index is -3.94. The Morgan fingerprint density at radius 3 is 2.79 bits per heavy atom. The summed E-state index contributed by atoms with van der Waals surface area (Å²) in [5, 5.41) is 10.0. The average molecular weight is 425 g/mol. The molecule has 0 aliphatic rings. The van der Waals surface area contributed by atoms with Crippen LogP contribution in [0.5, 0.6) is 5.75 Å². The van der Waals surface area contributed by atoms with Gasteiger partial charge in [-0.1, -0.05) is 12.1 Å². The lowest BCUT2D eigenvalue weighted by Crippen LogP contribution is -2.23. The Morgan fingerprint density at radius 2 is 2.11 bits per heavy atom. The zero-order valence-corrected chi connectivity index (χ0v) is 17.2. The van der Waals surface area contributed by atoms with Crippen molar-refractivity contribution in [3.8, 4) is 5.75 Å². The molecule has 0 unspecified atom stereocenters. The van der Waals surface area contributed by atoms with Crippen LogP contribution in [-0.4, -0.2) is 40.7 Å². The Kier molecular flexibility index (Phi) is 8.65. The topological polar surface area (TPSA) is 108 Å². The Bertz CT molecular complexity index is 893. The highest BCUT2D eigenvalue weighted by Crippen LogP contribution is 2.24. The first-order valence-electron chi connectivity index (χ1n) is 8.76. The molecule has 0 atom stereocenters. The first kappa shape index (κ1) is 22.1. The van der Waals surface area contributed by atoms with Crippen LogP contribution in [0.3, 0.4) is 0 Å². The van der Waals surface area contributed by atoms with Crippen molar-refractivity contribution in [2.45, 2.75) is 18.2 Å². The number of nitrogens with one attached hydrogen (secondary N) is 1. The molecule has 0 fully saturated rings. The molecule has 152 valence electrons. The summed E-state index contributed by atoms with van der Waals surface area (Å²) in [6, 6.07) is 8.62. The summed E-state index contributed by atoms with van der Waals surface area (Å²) in [6.07, 6.45) is 3.67. The van der Waals surface area contributed by atoms with Crippen molar-refractivity contribution in [1.29, 1.82) is 0 Å². The summed E-state index contributed by atoms with van der Waals surface area (Å²) >= 11 is 1.54. The van der Waals surface area contributed by atoms with E-state index in [2.05, 4.69) is 5.32 Å². The van der Waals surface area contributed by atoms with Gasteiger partial charge in [-0.25, -0.2) is 13.6 Å². The fourth-order valence-electron chi connectivity index (χ4n) is 2.34. The third-order valence-electron chi connectivity index (χ3n) is 3.66. The lowest BCUT2D eigenvalue weighted by molar-refractivity contribution is -0.116. The number of sulfonamides is 1. The molecule has 7 nitrogen and oxygen atoms in total. The molecule has 0 bridgehead atoms. The summed E-state index contributed by atoms with van der Waals surface area (Å²) < 4.78 is 34.4. The Labute approximate surface area is 169 Å². The summed E-state index contributed by atoms with van der Waals surface area (Å²) in [7, 11) is -3.94. The van der Waals surface area contributed by atoms with Crippen molar-refractivity contribution < 1.29 is 22.7 Å². The van der Waals surface area contributed by atoms with E-state index < -0.39 is 10.0 Å². The highest BCUT2D eigenvalue weighted by molar-refractivity contribution is 7.89. The van der Waals surface area contributed by atoms with E-state index in [0.29, 0.717) is 26.2 Å². The molecular formula is C19H24N2O5S2. The maximum atomic E-state index is 11.9. The summed E-state index contributed by atoms with van der Waals surface area (Å²) in [6.45, 7) is 3.36. The number of nitrogens with two attached hydrogens (primary N) is 1. The van der Waals surface area contributed by atoms with Gasteiger partial charge in [-0.15, -0.1) is 11.3 Å². The monoisotopic (exact) mass is 424 g/mol. The highest BCUT2D eigenvalue weighted by atomic mass is 32.2.